The fourth-order valence-electron chi connectivity index (χ4n) is 4.15. The SMILES string of the molecule is CC[C@@H]1CN(C(=O)C2CC2)[C@H](CO)[C@@H]1CN1CCN(C)CC1. The average Bonchev–Trinajstić information content (AvgIpc) is 3.31. The lowest BCUT2D eigenvalue weighted by molar-refractivity contribution is -0.134. The third-order valence-corrected chi connectivity index (χ3v) is 5.92. The molecule has 1 aliphatic carbocycles. The lowest BCUT2D eigenvalue weighted by atomic mass is 9.88. The zero-order valence-electron chi connectivity index (χ0n) is 14.1. The smallest absolute Gasteiger partial charge is 0.226 e. The van der Waals surface area contributed by atoms with Gasteiger partial charge in [-0.05, 0) is 31.7 Å². The number of rotatable bonds is 5. The van der Waals surface area contributed by atoms with E-state index in [2.05, 4.69) is 23.8 Å². The van der Waals surface area contributed by atoms with Gasteiger partial charge in [0.05, 0.1) is 12.6 Å². The highest BCUT2D eigenvalue weighted by Crippen LogP contribution is 2.38. The number of nitrogens with zero attached hydrogens (tertiary/aromatic N) is 3. The largest absolute Gasteiger partial charge is 0.394 e. The molecule has 0 aromatic carbocycles. The van der Waals surface area contributed by atoms with E-state index in [1.54, 1.807) is 0 Å². The predicted molar refractivity (Wildman–Crippen MR) is 86.5 cm³/mol. The fourth-order valence-corrected chi connectivity index (χ4v) is 4.15. The molecule has 0 bridgehead atoms. The topological polar surface area (TPSA) is 47.0 Å². The highest BCUT2D eigenvalue weighted by molar-refractivity contribution is 5.81. The second-order valence-corrected chi connectivity index (χ2v) is 7.45. The van der Waals surface area contributed by atoms with Gasteiger partial charge in [0, 0.05) is 45.2 Å². The maximum atomic E-state index is 12.5. The number of aliphatic hydroxyl groups excluding tert-OH is 1. The zero-order chi connectivity index (χ0) is 15.7. The van der Waals surface area contributed by atoms with Crippen LogP contribution in [0.1, 0.15) is 26.2 Å². The molecule has 1 N–H and O–H groups in total. The van der Waals surface area contributed by atoms with Gasteiger partial charge in [0.25, 0.3) is 0 Å². The van der Waals surface area contributed by atoms with Crippen molar-refractivity contribution in [3.05, 3.63) is 0 Å². The van der Waals surface area contributed by atoms with Gasteiger partial charge in [-0.25, -0.2) is 0 Å². The van der Waals surface area contributed by atoms with Gasteiger partial charge in [0.1, 0.15) is 0 Å². The molecule has 2 aliphatic heterocycles. The Morgan fingerprint density at radius 1 is 1.18 bits per heavy atom. The van der Waals surface area contributed by atoms with E-state index in [9.17, 15) is 9.90 Å². The molecule has 5 nitrogen and oxygen atoms in total. The predicted octanol–water partition coefficient (Wildman–Crippen LogP) is 0.489. The normalized spacial score (nSPS) is 34.3. The van der Waals surface area contributed by atoms with Gasteiger partial charge in [0.15, 0.2) is 0 Å². The van der Waals surface area contributed by atoms with Crippen LogP contribution in [0.2, 0.25) is 0 Å². The summed E-state index contributed by atoms with van der Waals surface area (Å²) >= 11 is 0. The molecule has 0 aromatic heterocycles. The molecule has 0 unspecified atom stereocenters. The van der Waals surface area contributed by atoms with E-state index in [0.717, 1.165) is 58.5 Å². The van der Waals surface area contributed by atoms with Crippen molar-refractivity contribution in [3.63, 3.8) is 0 Å². The highest BCUT2D eigenvalue weighted by atomic mass is 16.3. The van der Waals surface area contributed by atoms with Crippen molar-refractivity contribution in [1.29, 1.82) is 0 Å². The molecule has 2 heterocycles. The van der Waals surface area contributed by atoms with Crippen LogP contribution in [0, 0.1) is 17.8 Å². The number of piperazine rings is 1. The van der Waals surface area contributed by atoms with Crippen LogP contribution >= 0.6 is 0 Å². The second-order valence-electron chi connectivity index (χ2n) is 7.45. The Balaban J connectivity index is 1.65. The molecule has 3 aliphatic rings. The Morgan fingerprint density at radius 2 is 1.86 bits per heavy atom. The average molecular weight is 309 g/mol. The van der Waals surface area contributed by atoms with Crippen LogP contribution in [0.15, 0.2) is 0 Å². The van der Waals surface area contributed by atoms with E-state index >= 15 is 0 Å². The third kappa shape index (κ3) is 3.31. The van der Waals surface area contributed by atoms with Gasteiger partial charge < -0.3 is 19.8 Å². The van der Waals surface area contributed by atoms with Crippen LogP contribution in [0.4, 0.5) is 0 Å². The molecule has 0 aromatic rings. The van der Waals surface area contributed by atoms with Crippen LogP contribution < -0.4 is 0 Å². The first-order valence-electron chi connectivity index (χ1n) is 8.96. The zero-order valence-corrected chi connectivity index (χ0v) is 14.1. The Bertz CT molecular complexity index is 391. The molecular weight excluding hydrogens is 278 g/mol. The summed E-state index contributed by atoms with van der Waals surface area (Å²) in [6, 6.07) is 0.0395. The summed E-state index contributed by atoms with van der Waals surface area (Å²) in [4.78, 5) is 19.4. The molecule has 0 spiro atoms. The summed E-state index contributed by atoms with van der Waals surface area (Å²) < 4.78 is 0. The standard InChI is InChI=1S/C17H31N3O2/c1-3-13-10-20(17(22)14-4-5-14)16(12-21)15(13)11-19-8-6-18(2)7-9-19/h13-16,21H,3-12H2,1-2H3/t13-,15-,16-/m1/s1. The van der Waals surface area contributed by atoms with Gasteiger partial charge in [-0.15, -0.1) is 0 Å². The minimum atomic E-state index is 0.0395. The molecule has 3 atom stereocenters. The van der Waals surface area contributed by atoms with Crippen molar-refractivity contribution < 1.29 is 9.90 Å². The number of hydrogen-bond donors (Lipinski definition) is 1. The number of aliphatic hydroxyl groups is 1. The Hall–Kier alpha value is -0.650. The molecule has 126 valence electrons. The van der Waals surface area contributed by atoms with Crippen molar-refractivity contribution in [2.24, 2.45) is 17.8 Å². The van der Waals surface area contributed by atoms with Gasteiger partial charge in [0.2, 0.25) is 5.91 Å². The van der Waals surface area contributed by atoms with Gasteiger partial charge >= 0.3 is 0 Å². The van der Waals surface area contributed by atoms with E-state index in [0.29, 0.717) is 17.7 Å². The number of amides is 1. The molecule has 5 heteroatoms. The van der Waals surface area contributed by atoms with Crippen molar-refractivity contribution >= 4 is 5.91 Å². The molecular formula is C17H31N3O2. The second kappa shape index (κ2) is 6.85. The quantitative estimate of drug-likeness (QED) is 0.803. The fraction of sp³-hybridized carbons (Fsp3) is 0.941. The Kier molecular flexibility index (Phi) is 5.05. The van der Waals surface area contributed by atoms with Crippen LogP contribution in [0.3, 0.4) is 0 Å². The lowest BCUT2D eigenvalue weighted by Gasteiger charge is -2.36. The van der Waals surface area contributed by atoms with Crippen LogP contribution in [0.25, 0.3) is 0 Å². The Labute approximate surface area is 134 Å². The maximum absolute atomic E-state index is 12.5. The van der Waals surface area contributed by atoms with Crippen molar-refractivity contribution in [3.8, 4) is 0 Å². The van der Waals surface area contributed by atoms with E-state index in [1.807, 2.05) is 4.90 Å². The number of likely N-dealkylation sites (N-methyl/N-ethyl adjacent to an activating group) is 1. The molecule has 3 rings (SSSR count). The Morgan fingerprint density at radius 3 is 2.41 bits per heavy atom. The van der Waals surface area contributed by atoms with Crippen molar-refractivity contribution in [2.75, 3.05) is 52.9 Å². The molecule has 0 radical (unpaired) electrons. The minimum Gasteiger partial charge on any atom is -0.394 e. The van der Waals surface area contributed by atoms with Crippen LogP contribution in [-0.4, -0.2) is 84.7 Å². The molecule has 1 amide bonds. The summed E-state index contributed by atoms with van der Waals surface area (Å²) in [6.45, 7) is 8.70. The van der Waals surface area contributed by atoms with Crippen LogP contribution in [-0.2, 0) is 4.79 Å². The molecule has 22 heavy (non-hydrogen) atoms. The van der Waals surface area contributed by atoms with Gasteiger partial charge in [-0.3, -0.25) is 4.79 Å². The highest BCUT2D eigenvalue weighted by Gasteiger charge is 2.46. The van der Waals surface area contributed by atoms with Crippen molar-refractivity contribution in [1.82, 2.24) is 14.7 Å². The number of carbonyl (C=O) groups excluding carboxylic acids is 1. The third-order valence-electron chi connectivity index (χ3n) is 5.92. The monoisotopic (exact) mass is 309 g/mol. The summed E-state index contributed by atoms with van der Waals surface area (Å²) in [5.41, 5.74) is 0. The number of hydrogen-bond acceptors (Lipinski definition) is 4. The molecule has 3 fully saturated rings. The summed E-state index contributed by atoms with van der Waals surface area (Å²) in [7, 11) is 2.17. The van der Waals surface area contributed by atoms with Crippen molar-refractivity contribution in [2.45, 2.75) is 32.2 Å². The van der Waals surface area contributed by atoms with E-state index in [4.69, 9.17) is 0 Å². The van der Waals surface area contributed by atoms with E-state index in [1.165, 1.54) is 0 Å². The van der Waals surface area contributed by atoms with Gasteiger partial charge in [-0.2, -0.15) is 0 Å². The molecule has 1 saturated carbocycles. The number of likely N-dealkylation sites (tertiary alicyclic amines) is 1. The van der Waals surface area contributed by atoms with E-state index in [-0.39, 0.29) is 18.6 Å². The lowest BCUT2D eigenvalue weighted by Crippen LogP contribution is -2.49. The molecule has 2 saturated heterocycles. The number of carbonyl (C=O) groups is 1. The van der Waals surface area contributed by atoms with Gasteiger partial charge in [-0.1, -0.05) is 13.3 Å². The van der Waals surface area contributed by atoms with Crippen LogP contribution in [0.5, 0.6) is 0 Å². The first-order chi connectivity index (χ1) is 10.6. The minimum absolute atomic E-state index is 0.0395. The summed E-state index contributed by atoms with van der Waals surface area (Å²) in [6.07, 6.45) is 3.20. The summed E-state index contributed by atoms with van der Waals surface area (Å²) in [5, 5.41) is 9.92. The maximum Gasteiger partial charge on any atom is 0.226 e. The summed E-state index contributed by atoms with van der Waals surface area (Å²) in [5.74, 6) is 1.54. The first-order valence-corrected chi connectivity index (χ1v) is 8.96. The first kappa shape index (κ1) is 16.2. The van der Waals surface area contributed by atoms with E-state index < -0.39 is 0 Å².